The van der Waals surface area contributed by atoms with Crippen LogP contribution in [0.5, 0.6) is 0 Å². The van der Waals surface area contributed by atoms with Crippen molar-refractivity contribution in [3.63, 3.8) is 0 Å². The Hall–Kier alpha value is -3.68. The first kappa shape index (κ1) is 21.8. The number of amides is 2. The summed E-state index contributed by atoms with van der Waals surface area (Å²) in [5.74, 6) is -5.27. The SMILES string of the molecule is O=C1[C@H]2[C@@H](c3ccc(Cl)cc3)OC3(C(=O)c4ccccc4C3=O)[C@@H]2C(=O)N1Cc1ccc(F)cc1. The Kier molecular flexibility index (Phi) is 4.78. The third kappa shape index (κ3) is 2.98. The fourth-order valence-corrected chi connectivity index (χ4v) is 5.58. The number of halogens is 2. The van der Waals surface area contributed by atoms with Crippen LogP contribution in [-0.4, -0.2) is 33.9 Å². The molecule has 1 spiro atoms. The van der Waals surface area contributed by atoms with E-state index in [4.69, 9.17) is 16.3 Å². The second-order valence-electron chi connectivity index (χ2n) is 8.92. The van der Waals surface area contributed by atoms with Crippen LogP contribution in [0.4, 0.5) is 4.39 Å². The van der Waals surface area contributed by atoms with Gasteiger partial charge in [0, 0.05) is 16.1 Å². The van der Waals surface area contributed by atoms with Gasteiger partial charge in [-0.15, -0.1) is 0 Å². The Bertz CT molecular complexity index is 1380. The maximum Gasteiger partial charge on any atom is 0.237 e. The fraction of sp³-hybridized carbons (Fsp3) is 0.185. The molecule has 3 aromatic carbocycles. The first-order valence-electron chi connectivity index (χ1n) is 11.0. The van der Waals surface area contributed by atoms with Gasteiger partial charge in [-0.3, -0.25) is 24.1 Å². The van der Waals surface area contributed by atoms with Crippen molar-refractivity contribution in [2.45, 2.75) is 18.2 Å². The van der Waals surface area contributed by atoms with E-state index in [1.807, 2.05) is 0 Å². The largest absolute Gasteiger partial charge is 0.349 e. The number of carbonyl (C=O) groups is 4. The number of ether oxygens (including phenoxy) is 1. The van der Waals surface area contributed by atoms with Crippen LogP contribution < -0.4 is 0 Å². The predicted molar refractivity (Wildman–Crippen MR) is 122 cm³/mol. The fourth-order valence-electron chi connectivity index (χ4n) is 5.46. The Morgan fingerprint density at radius 1 is 0.829 bits per heavy atom. The number of imide groups is 1. The highest BCUT2D eigenvalue weighted by Gasteiger charge is 2.74. The Morgan fingerprint density at radius 3 is 2.03 bits per heavy atom. The molecule has 2 heterocycles. The number of rotatable bonds is 3. The van der Waals surface area contributed by atoms with Gasteiger partial charge in [0.15, 0.2) is 0 Å². The normalized spacial score (nSPS) is 24.4. The van der Waals surface area contributed by atoms with Gasteiger partial charge in [0.05, 0.1) is 24.5 Å². The molecular formula is C27H17ClFNO5. The number of nitrogens with zero attached hydrogens (tertiary/aromatic N) is 1. The van der Waals surface area contributed by atoms with Crippen LogP contribution in [0.1, 0.15) is 37.9 Å². The van der Waals surface area contributed by atoms with Crippen molar-refractivity contribution in [2.75, 3.05) is 0 Å². The number of ketones is 2. The Labute approximate surface area is 204 Å². The van der Waals surface area contributed by atoms with E-state index in [1.54, 1.807) is 36.4 Å². The molecule has 0 bridgehead atoms. The first-order valence-corrected chi connectivity index (χ1v) is 11.4. The highest BCUT2D eigenvalue weighted by atomic mass is 35.5. The summed E-state index contributed by atoms with van der Waals surface area (Å²) in [6.07, 6.45) is -1.01. The zero-order valence-corrected chi connectivity index (χ0v) is 18.9. The van der Waals surface area contributed by atoms with Gasteiger partial charge < -0.3 is 4.74 Å². The first-order chi connectivity index (χ1) is 16.8. The quantitative estimate of drug-likeness (QED) is 0.407. The maximum atomic E-state index is 13.7. The molecule has 2 saturated heterocycles. The number of hydrogen-bond acceptors (Lipinski definition) is 5. The van der Waals surface area contributed by atoms with E-state index in [1.165, 1.54) is 36.4 Å². The molecule has 0 radical (unpaired) electrons. The van der Waals surface area contributed by atoms with Crippen LogP contribution in [0.25, 0.3) is 0 Å². The average Bonchev–Trinajstić information content (AvgIpc) is 3.42. The number of likely N-dealkylation sites (tertiary alicyclic amines) is 1. The van der Waals surface area contributed by atoms with Gasteiger partial charge in [0.2, 0.25) is 29.0 Å². The number of carbonyl (C=O) groups excluding carboxylic acids is 4. The molecule has 3 aromatic rings. The highest BCUT2D eigenvalue weighted by molar-refractivity contribution is 6.35. The molecule has 0 N–H and O–H groups in total. The van der Waals surface area contributed by atoms with Crippen molar-refractivity contribution >= 4 is 35.0 Å². The van der Waals surface area contributed by atoms with Gasteiger partial charge >= 0.3 is 0 Å². The maximum absolute atomic E-state index is 13.7. The minimum absolute atomic E-state index is 0.107. The van der Waals surface area contributed by atoms with E-state index in [9.17, 15) is 23.6 Å². The summed E-state index contributed by atoms with van der Waals surface area (Å²) < 4.78 is 19.6. The number of benzene rings is 3. The molecule has 3 aliphatic rings. The summed E-state index contributed by atoms with van der Waals surface area (Å²) >= 11 is 6.03. The van der Waals surface area contributed by atoms with Crippen molar-refractivity contribution in [2.24, 2.45) is 11.8 Å². The summed E-state index contributed by atoms with van der Waals surface area (Å²) in [5, 5.41) is 0.463. The second-order valence-corrected chi connectivity index (χ2v) is 9.36. The van der Waals surface area contributed by atoms with Crippen LogP contribution in [0.15, 0.2) is 72.8 Å². The molecule has 2 amide bonds. The molecule has 6 nitrogen and oxygen atoms in total. The molecule has 35 heavy (non-hydrogen) atoms. The van der Waals surface area contributed by atoms with Crippen molar-refractivity contribution in [1.29, 1.82) is 0 Å². The summed E-state index contributed by atoms with van der Waals surface area (Å²) in [7, 11) is 0. The Balaban J connectivity index is 1.48. The summed E-state index contributed by atoms with van der Waals surface area (Å²) in [6.45, 7) is -0.107. The molecule has 8 heteroatoms. The third-order valence-corrected chi connectivity index (χ3v) is 7.31. The van der Waals surface area contributed by atoms with E-state index >= 15 is 0 Å². The smallest absolute Gasteiger partial charge is 0.237 e. The molecule has 0 unspecified atom stereocenters. The second kappa shape index (κ2) is 7.66. The van der Waals surface area contributed by atoms with Crippen LogP contribution in [0.2, 0.25) is 5.02 Å². The van der Waals surface area contributed by atoms with Gasteiger partial charge in [-0.25, -0.2) is 4.39 Å². The van der Waals surface area contributed by atoms with Gasteiger partial charge in [0.25, 0.3) is 0 Å². The van der Waals surface area contributed by atoms with Crippen molar-refractivity contribution in [3.05, 3.63) is 106 Å². The molecule has 1 aliphatic carbocycles. The van der Waals surface area contributed by atoms with E-state index in [-0.39, 0.29) is 17.7 Å². The lowest BCUT2D eigenvalue weighted by Crippen LogP contribution is -2.50. The topological polar surface area (TPSA) is 80.8 Å². The molecular weight excluding hydrogens is 473 g/mol. The lowest BCUT2D eigenvalue weighted by atomic mass is 9.77. The minimum atomic E-state index is -2.12. The van der Waals surface area contributed by atoms with Crippen LogP contribution in [0.3, 0.4) is 0 Å². The van der Waals surface area contributed by atoms with E-state index in [0.29, 0.717) is 16.1 Å². The lowest BCUT2D eigenvalue weighted by molar-refractivity contribution is -0.145. The summed E-state index contributed by atoms with van der Waals surface area (Å²) in [4.78, 5) is 55.8. The van der Waals surface area contributed by atoms with Gasteiger partial charge in [-0.05, 0) is 35.4 Å². The summed E-state index contributed by atoms with van der Waals surface area (Å²) in [6, 6.07) is 18.3. The average molecular weight is 490 g/mol. The number of fused-ring (bicyclic) bond motifs is 3. The molecule has 2 aliphatic heterocycles. The molecule has 0 aromatic heterocycles. The van der Waals surface area contributed by atoms with Crippen LogP contribution in [-0.2, 0) is 20.9 Å². The highest BCUT2D eigenvalue weighted by Crippen LogP contribution is 2.57. The van der Waals surface area contributed by atoms with Crippen LogP contribution >= 0.6 is 11.6 Å². The number of hydrogen-bond donors (Lipinski definition) is 0. The zero-order valence-electron chi connectivity index (χ0n) is 18.1. The Morgan fingerprint density at radius 2 is 1.43 bits per heavy atom. The van der Waals surface area contributed by atoms with E-state index in [0.717, 1.165) is 4.90 Å². The zero-order chi connectivity index (χ0) is 24.5. The van der Waals surface area contributed by atoms with Gasteiger partial charge in [-0.1, -0.05) is 60.1 Å². The van der Waals surface area contributed by atoms with Crippen molar-refractivity contribution in [3.8, 4) is 0 Å². The van der Waals surface area contributed by atoms with Crippen molar-refractivity contribution < 1.29 is 28.3 Å². The van der Waals surface area contributed by atoms with Crippen LogP contribution in [0, 0.1) is 17.7 Å². The van der Waals surface area contributed by atoms with Gasteiger partial charge in [-0.2, -0.15) is 0 Å². The molecule has 2 fully saturated rings. The molecule has 3 atom stereocenters. The molecule has 0 saturated carbocycles. The van der Waals surface area contributed by atoms with E-state index in [2.05, 4.69) is 0 Å². The minimum Gasteiger partial charge on any atom is -0.349 e. The summed E-state index contributed by atoms with van der Waals surface area (Å²) in [5.41, 5.74) is -0.709. The predicted octanol–water partition coefficient (Wildman–Crippen LogP) is 4.17. The standard InChI is InChI=1S/C27H17ClFNO5/c28-16-9-7-15(8-10-16)22-20-21(26(34)30(25(20)33)13-14-5-11-17(29)12-6-14)27(35-22)23(31)18-3-1-2-4-19(18)24(27)32/h1-12,20-22H,13H2/t20-,21+,22-/m1/s1. The lowest BCUT2D eigenvalue weighted by Gasteiger charge is -2.27. The monoisotopic (exact) mass is 489 g/mol. The molecule has 6 rings (SSSR count). The van der Waals surface area contributed by atoms with Crippen molar-refractivity contribution in [1.82, 2.24) is 4.90 Å². The van der Waals surface area contributed by atoms with E-state index < -0.39 is 52.7 Å². The third-order valence-electron chi connectivity index (χ3n) is 7.06. The molecule has 174 valence electrons. The number of Topliss-reactive ketones (excluding diaryl/α,β-unsaturated/α-hetero) is 2. The van der Waals surface area contributed by atoms with Gasteiger partial charge in [0.1, 0.15) is 5.82 Å².